The van der Waals surface area contributed by atoms with Gasteiger partial charge in [-0.2, -0.15) is 0 Å². The zero-order valence-corrected chi connectivity index (χ0v) is 17.4. The van der Waals surface area contributed by atoms with Crippen molar-refractivity contribution in [2.24, 2.45) is 0 Å². The van der Waals surface area contributed by atoms with Gasteiger partial charge >= 0.3 is 0 Å². The number of halogens is 1. The van der Waals surface area contributed by atoms with Crippen LogP contribution in [0.1, 0.15) is 76.6 Å². The Kier molecular flexibility index (Phi) is 5.88. The van der Waals surface area contributed by atoms with Crippen LogP contribution in [-0.2, 0) is 6.42 Å². The molecule has 30 heavy (non-hydrogen) atoms. The Balaban J connectivity index is 1.57. The van der Waals surface area contributed by atoms with Gasteiger partial charge in [-0.15, -0.1) is 0 Å². The van der Waals surface area contributed by atoms with Crippen LogP contribution >= 0.6 is 0 Å². The van der Waals surface area contributed by atoms with Crippen molar-refractivity contribution in [1.82, 2.24) is 15.3 Å². The number of pyridine rings is 2. The van der Waals surface area contributed by atoms with Crippen LogP contribution in [0.4, 0.5) is 4.39 Å². The quantitative estimate of drug-likeness (QED) is 0.631. The molecule has 3 aromatic rings. The summed E-state index contributed by atoms with van der Waals surface area (Å²) in [6.45, 7) is 4.09. The summed E-state index contributed by atoms with van der Waals surface area (Å²) in [6, 6.07) is 11.8. The lowest BCUT2D eigenvalue weighted by molar-refractivity contribution is 0.0934. The second-order valence-corrected chi connectivity index (χ2v) is 7.95. The molecule has 4 rings (SSSR count). The Labute approximate surface area is 176 Å². The van der Waals surface area contributed by atoms with Crippen molar-refractivity contribution in [2.75, 3.05) is 0 Å². The Morgan fingerprint density at radius 1 is 1.20 bits per heavy atom. The van der Waals surface area contributed by atoms with Gasteiger partial charge in [-0.25, -0.2) is 4.39 Å². The highest BCUT2D eigenvalue weighted by atomic mass is 19.1. The molecule has 1 aliphatic carbocycles. The third kappa shape index (κ3) is 4.25. The predicted octanol–water partition coefficient (Wildman–Crippen LogP) is 5.27. The van der Waals surface area contributed by atoms with Crippen LogP contribution in [-0.4, -0.2) is 15.9 Å². The van der Waals surface area contributed by atoms with E-state index >= 15 is 0 Å². The first-order valence-corrected chi connectivity index (χ1v) is 10.5. The van der Waals surface area contributed by atoms with Crippen LogP contribution in [0.2, 0.25) is 0 Å². The van der Waals surface area contributed by atoms with E-state index in [0.29, 0.717) is 11.5 Å². The SMILES string of the molecule is CCC(NC(=O)c1ccc(F)cc1)c1ccc2c(n1)CCC[C@H]2c1cncc(C)c1. The maximum absolute atomic E-state index is 13.1. The van der Waals surface area contributed by atoms with Crippen molar-refractivity contribution in [1.29, 1.82) is 0 Å². The molecule has 0 saturated carbocycles. The Hall–Kier alpha value is -3.08. The molecule has 0 bridgehead atoms. The fourth-order valence-electron chi connectivity index (χ4n) is 4.21. The van der Waals surface area contributed by atoms with Crippen LogP contribution in [0.15, 0.2) is 54.9 Å². The Morgan fingerprint density at radius 3 is 2.73 bits per heavy atom. The first-order valence-electron chi connectivity index (χ1n) is 10.5. The fourth-order valence-corrected chi connectivity index (χ4v) is 4.21. The fraction of sp³-hybridized carbons (Fsp3) is 0.320. The second kappa shape index (κ2) is 8.74. The monoisotopic (exact) mass is 403 g/mol. The van der Waals surface area contributed by atoms with Crippen LogP contribution in [0, 0.1) is 12.7 Å². The maximum atomic E-state index is 13.1. The van der Waals surface area contributed by atoms with Crippen molar-refractivity contribution in [3.8, 4) is 0 Å². The van der Waals surface area contributed by atoms with Crippen molar-refractivity contribution >= 4 is 5.91 Å². The second-order valence-electron chi connectivity index (χ2n) is 7.95. The molecule has 0 radical (unpaired) electrons. The summed E-state index contributed by atoms with van der Waals surface area (Å²) in [4.78, 5) is 21.9. The summed E-state index contributed by atoms with van der Waals surface area (Å²) in [7, 11) is 0. The molecule has 2 aromatic heterocycles. The molecule has 1 N–H and O–H groups in total. The number of aryl methyl sites for hydroxylation is 2. The van der Waals surface area contributed by atoms with Gasteiger partial charge in [-0.1, -0.05) is 19.1 Å². The summed E-state index contributed by atoms with van der Waals surface area (Å²) in [5, 5.41) is 3.04. The molecule has 1 aromatic carbocycles. The molecule has 154 valence electrons. The third-order valence-electron chi connectivity index (χ3n) is 5.79. The molecule has 5 heteroatoms. The number of rotatable bonds is 5. The zero-order valence-electron chi connectivity index (χ0n) is 17.4. The molecule has 0 aliphatic heterocycles. The molecule has 1 unspecified atom stereocenters. The number of hydrogen-bond acceptors (Lipinski definition) is 3. The van der Waals surface area contributed by atoms with E-state index in [-0.39, 0.29) is 17.8 Å². The number of carbonyl (C=O) groups is 1. The van der Waals surface area contributed by atoms with E-state index < -0.39 is 0 Å². The van der Waals surface area contributed by atoms with Crippen LogP contribution in [0.3, 0.4) is 0 Å². The van der Waals surface area contributed by atoms with Crippen LogP contribution in [0.5, 0.6) is 0 Å². The average Bonchev–Trinajstić information content (AvgIpc) is 2.77. The van der Waals surface area contributed by atoms with E-state index in [1.165, 1.54) is 41.0 Å². The van der Waals surface area contributed by atoms with Gasteiger partial charge in [0.25, 0.3) is 5.91 Å². The van der Waals surface area contributed by atoms with Crippen molar-refractivity contribution in [2.45, 2.75) is 51.5 Å². The molecule has 0 fully saturated rings. The number of hydrogen-bond donors (Lipinski definition) is 1. The molecule has 1 aliphatic rings. The van der Waals surface area contributed by atoms with Crippen molar-refractivity contribution in [3.63, 3.8) is 0 Å². The predicted molar refractivity (Wildman–Crippen MR) is 115 cm³/mol. The highest BCUT2D eigenvalue weighted by Gasteiger charge is 2.25. The summed E-state index contributed by atoms with van der Waals surface area (Å²) in [5.41, 5.74) is 6.09. The number of nitrogens with zero attached hydrogens (tertiary/aromatic N) is 2. The summed E-state index contributed by atoms with van der Waals surface area (Å²) in [6.07, 6.45) is 7.69. The average molecular weight is 404 g/mol. The minimum absolute atomic E-state index is 0.186. The number of fused-ring (bicyclic) bond motifs is 1. The Morgan fingerprint density at radius 2 is 2.00 bits per heavy atom. The number of aromatic nitrogens is 2. The molecular weight excluding hydrogens is 377 g/mol. The standard InChI is InChI=1S/C25H26FN3O/c1-3-22(29-25(30)17-7-9-19(26)10-8-17)24-12-11-21-20(5-4-6-23(21)28-24)18-13-16(2)14-27-15-18/h7-15,20,22H,3-6H2,1-2H3,(H,29,30)/t20-,22?/m0/s1. The van der Waals surface area contributed by atoms with Crippen molar-refractivity contribution in [3.05, 3.63) is 94.3 Å². The van der Waals surface area contributed by atoms with Gasteiger partial charge in [0.2, 0.25) is 0 Å². The maximum Gasteiger partial charge on any atom is 0.251 e. The van der Waals surface area contributed by atoms with Gasteiger partial charge in [0, 0.05) is 29.6 Å². The highest BCUT2D eigenvalue weighted by Crippen LogP contribution is 2.36. The van der Waals surface area contributed by atoms with Crippen LogP contribution in [0.25, 0.3) is 0 Å². The number of carbonyl (C=O) groups excluding carboxylic acids is 1. The number of nitrogens with one attached hydrogen (secondary N) is 1. The minimum atomic E-state index is -0.353. The molecule has 4 nitrogen and oxygen atoms in total. The lowest BCUT2D eigenvalue weighted by Gasteiger charge is -2.27. The first-order chi connectivity index (χ1) is 14.5. The van der Waals surface area contributed by atoms with Gasteiger partial charge in [0.1, 0.15) is 5.82 Å². The molecule has 0 saturated heterocycles. The lowest BCUT2D eigenvalue weighted by Crippen LogP contribution is -2.29. The van der Waals surface area contributed by atoms with E-state index in [4.69, 9.17) is 4.98 Å². The van der Waals surface area contributed by atoms with Gasteiger partial charge in [0.05, 0.1) is 11.7 Å². The molecule has 2 heterocycles. The van der Waals surface area contributed by atoms with E-state index in [2.05, 4.69) is 29.4 Å². The minimum Gasteiger partial charge on any atom is -0.344 e. The smallest absolute Gasteiger partial charge is 0.251 e. The van der Waals surface area contributed by atoms with Gasteiger partial charge in [0.15, 0.2) is 0 Å². The van der Waals surface area contributed by atoms with Crippen molar-refractivity contribution < 1.29 is 9.18 Å². The molecule has 1 amide bonds. The van der Waals surface area contributed by atoms with E-state index in [1.807, 2.05) is 25.4 Å². The van der Waals surface area contributed by atoms with Gasteiger partial charge in [-0.3, -0.25) is 14.8 Å². The summed E-state index contributed by atoms with van der Waals surface area (Å²) >= 11 is 0. The van der Waals surface area contributed by atoms with Gasteiger partial charge < -0.3 is 5.32 Å². The van der Waals surface area contributed by atoms with E-state index in [0.717, 1.165) is 37.1 Å². The molecule has 2 atom stereocenters. The largest absolute Gasteiger partial charge is 0.344 e. The van der Waals surface area contributed by atoms with E-state index in [9.17, 15) is 9.18 Å². The third-order valence-corrected chi connectivity index (χ3v) is 5.79. The first kappa shape index (κ1) is 20.2. The lowest BCUT2D eigenvalue weighted by atomic mass is 9.81. The topological polar surface area (TPSA) is 54.9 Å². The van der Waals surface area contributed by atoms with E-state index in [1.54, 1.807) is 0 Å². The summed E-state index contributed by atoms with van der Waals surface area (Å²) in [5.74, 6) is -0.255. The van der Waals surface area contributed by atoms with Gasteiger partial charge in [-0.05, 0) is 79.6 Å². The Bertz CT molecular complexity index is 1050. The van der Waals surface area contributed by atoms with Crippen LogP contribution < -0.4 is 5.32 Å². The highest BCUT2D eigenvalue weighted by molar-refractivity contribution is 5.94. The molecule has 0 spiro atoms. The summed E-state index contributed by atoms with van der Waals surface area (Å²) < 4.78 is 13.1. The molecular formula is C25H26FN3O. The zero-order chi connectivity index (χ0) is 21.1. The number of amides is 1. The number of benzene rings is 1. The normalized spacial score (nSPS) is 16.6.